The molecule has 6 nitrogen and oxygen atoms in total. The quantitative estimate of drug-likeness (QED) is 0.674. The molecule has 2 aromatic rings. The van der Waals surface area contributed by atoms with E-state index < -0.39 is 27.8 Å². The summed E-state index contributed by atoms with van der Waals surface area (Å²) in [7, 11) is -3.75. The molecule has 0 aromatic heterocycles. The molecule has 0 spiro atoms. The zero-order chi connectivity index (χ0) is 20.0. The fourth-order valence-corrected chi connectivity index (χ4v) is 3.72. The maximum Gasteiger partial charge on any atom is 0.243 e. The van der Waals surface area contributed by atoms with Crippen LogP contribution in [0.15, 0.2) is 48.5 Å². The Balaban J connectivity index is 1.96. The largest absolute Gasteiger partial charge is 0.492 e. The number of carbonyl (C=O) groups is 1. The number of nitrogens with one attached hydrogen (secondary N) is 1. The summed E-state index contributed by atoms with van der Waals surface area (Å²) in [5.74, 6) is -0.390. The highest BCUT2D eigenvalue weighted by atomic mass is 35.5. The molecule has 0 aliphatic heterocycles. The summed E-state index contributed by atoms with van der Waals surface area (Å²) in [4.78, 5) is 12.4. The molecule has 1 atom stereocenters. The lowest BCUT2D eigenvalue weighted by atomic mass is 10.2. The van der Waals surface area contributed by atoms with Gasteiger partial charge in [0.25, 0.3) is 0 Å². The topological polar surface area (TPSA) is 75.7 Å². The van der Waals surface area contributed by atoms with Crippen molar-refractivity contribution in [3.05, 3.63) is 59.4 Å². The second-order valence-corrected chi connectivity index (χ2v) is 8.10. The summed E-state index contributed by atoms with van der Waals surface area (Å²) in [5.41, 5.74) is 0.207. The molecule has 1 N–H and O–H groups in total. The SMILES string of the molecule is C[C@@H](C(=O)NCCOc1ccc(Cl)cc1)N(c1ccc(F)cc1)S(C)(=O)=O. The molecule has 0 fully saturated rings. The fourth-order valence-electron chi connectivity index (χ4n) is 2.42. The van der Waals surface area contributed by atoms with E-state index in [0.29, 0.717) is 10.8 Å². The summed E-state index contributed by atoms with van der Waals surface area (Å²) in [6.07, 6.45) is 0.990. The van der Waals surface area contributed by atoms with E-state index in [9.17, 15) is 17.6 Å². The van der Waals surface area contributed by atoms with Gasteiger partial charge in [0.1, 0.15) is 24.2 Å². The van der Waals surface area contributed by atoms with Crippen molar-refractivity contribution >= 4 is 33.2 Å². The Bertz CT molecular complexity index is 873. The zero-order valence-corrected chi connectivity index (χ0v) is 16.4. The number of benzene rings is 2. The van der Waals surface area contributed by atoms with Crippen molar-refractivity contribution in [1.82, 2.24) is 5.32 Å². The van der Waals surface area contributed by atoms with E-state index in [-0.39, 0.29) is 18.8 Å². The van der Waals surface area contributed by atoms with Gasteiger partial charge in [0.2, 0.25) is 15.9 Å². The first kappa shape index (κ1) is 21.0. The van der Waals surface area contributed by atoms with Gasteiger partial charge in [-0.05, 0) is 55.5 Å². The van der Waals surface area contributed by atoms with Crippen LogP contribution in [0, 0.1) is 5.82 Å². The predicted octanol–water partition coefficient (Wildman–Crippen LogP) is 2.83. The van der Waals surface area contributed by atoms with Crippen LogP contribution in [0.3, 0.4) is 0 Å². The normalized spacial score (nSPS) is 12.3. The number of hydrogen-bond donors (Lipinski definition) is 1. The summed E-state index contributed by atoms with van der Waals surface area (Å²) in [6, 6.07) is 10.7. The van der Waals surface area contributed by atoms with Crippen LogP contribution in [0.2, 0.25) is 5.02 Å². The van der Waals surface area contributed by atoms with Gasteiger partial charge in [0, 0.05) is 5.02 Å². The molecule has 2 aromatic carbocycles. The van der Waals surface area contributed by atoms with Crippen molar-refractivity contribution < 1.29 is 22.3 Å². The maximum absolute atomic E-state index is 13.1. The van der Waals surface area contributed by atoms with Crippen LogP contribution in [0.25, 0.3) is 0 Å². The van der Waals surface area contributed by atoms with E-state index in [2.05, 4.69) is 5.32 Å². The molecule has 0 aliphatic carbocycles. The van der Waals surface area contributed by atoms with Crippen LogP contribution in [-0.4, -0.2) is 39.8 Å². The van der Waals surface area contributed by atoms with Crippen molar-refractivity contribution in [1.29, 1.82) is 0 Å². The van der Waals surface area contributed by atoms with Crippen molar-refractivity contribution in [2.24, 2.45) is 0 Å². The maximum atomic E-state index is 13.1. The van der Waals surface area contributed by atoms with Crippen molar-refractivity contribution in [3.63, 3.8) is 0 Å². The van der Waals surface area contributed by atoms with Crippen LogP contribution < -0.4 is 14.4 Å². The number of sulfonamides is 1. The molecule has 27 heavy (non-hydrogen) atoms. The summed E-state index contributed by atoms with van der Waals surface area (Å²) < 4.78 is 43.8. The highest BCUT2D eigenvalue weighted by molar-refractivity contribution is 7.92. The van der Waals surface area contributed by atoms with Crippen LogP contribution >= 0.6 is 11.6 Å². The average Bonchev–Trinajstić information content (AvgIpc) is 2.60. The summed E-state index contributed by atoms with van der Waals surface area (Å²) in [6.45, 7) is 1.85. The third kappa shape index (κ3) is 6.11. The molecule has 0 unspecified atom stereocenters. The van der Waals surface area contributed by atoms with Crippen molar-refractivity contribution in [2.45, 2.75) is 13.0 Å². The Morgan fingerprint density at radius 1 is 1.19 bits per heavy atom. The van der Waals surface area contributed by atoms with Crippen LogP contribution in [0.4, 0.5) is 10.1 Å². The highest BCUT2D eigenvalue weighted by Crippen LogP contribution is 2.21. The van der Waals surface area contributed by atoms with Gasteiger partial charge in [0.15, 0.2) is 0 Å². The van der Waals surface area contributed by atoms with E-state index in [1.165, 1.54) is 19.1 Å². The molecule has 146 valence electrons. The standard InChI is InChI=1S/C18H20ClFN2O4S/c1-13(22(27(2,24)25)16-7-5-15(20)6-8-16)18(23)21-11-12-26-17-9-3-14(19)4-10-17/h3-10,13H,11-12H2,1-2H3,(H,21,23)/t13-/m0/s1. The molecule has 0 aliphatic rings. The van der Waals surface area contributed by atoms with E-state index in [0.717, 1.165) is 22.7 Å². The molecule has 0 saturated heterocycles. The number of amides is 1. The lowest BCUT2D eigenvalue weighted by Gasteiger charge is -2.28. The van der Waals surface area contributed by atoms with Crippen LogP contribution in [-0.2, 0) is 14.8 Å². The molecule has 0 saturated carbocycles. The Labute approximate surface area is 162 Å². The second kappa shape index (κ2) is 9.05. The highest BCUT2D eigenvalue weighted by Gasteiger charge is 2.28. The minimum absolute atomic E-state index is 0.187. The molecule has 1 amide bonds. The molecular formula is C18H20ClFN2O4S. The van der Waals surface area contributed by atoms with Gasteiger partial charge in [-0.3, -0.25) is 9.10 Å². The minimum Gasteiger partial charge on any atom is -0.492 e. The second-order valence-electron chi connectivity index (χ2n) is 5.80. The van der Waals surface area contributed by atoms with Gasteiger partial charge in [-0.1, -0.05) is 11.6 Å². The van der Waals surface area contributed by atoms with Gasteiger partial charge in [-0.15, -0.1) is 0 Å². The zero-order valence-electron chi connectivity index (χ0n) is 14.9. The third-order valence-corrected chi connectivity index (χ3v) is 5.15. The number of ether oxygens (including phenoxy) is 1. The Hall–Kier alpha value is -2.32. The predicted molar refractivity (Wildman–Crippen MR) is 103 cm³/mol. The van der Waals surface area contributed by atoms with E-state index in [1.807, 2.05) is 0 Å². The van der Waals surface area contributed by atoms with Gasteiger partial charge >= 0.3 is 0 Å². The summed E-state index contributed by atoms with van der Waals surface area (Å²) in [5, 5.41) is 3.22. The molecule has 0 radical (unpaired) electrons. The number of nitrogens with zero attached hydrogens (tertiary/aromatic N) is 1. The monoisotopic (exact) mass is 414 g/mol. The first-order valence-corrected chi connectivity index (χ1v) is 10.3. The van der Waals surface area contributed by atoms with E-state index in [1.54, 1.807) is 24.3 Å². The number of rotatable bonds is 8. The van der Waals surface area contributed by atoms with Crippen molar-refractivity contribution in [2.75, 3.05) is 23.7 Å². The minimum atomic E-state index is -3.75. The molecule has 2 rings (SSSR count). The lowest BCUT2D eigenvalue weighted by molar-refractivity contribution is -0.121. The van der Waals surface area contributed by atoms with Crippen LogP contribution in [0.1, 0.15) is 6.92 Å². The molecule has 9 heteroatoms. The smallest absolute Gasteiger partial charge is 0.243 e. The van der Waals surface area contributed by atoms with Crippen LogP contribution in [0.5, 0.6) is 5.75 Å². The van der Waals surface area contributed by atoms with E-state index in [4.69, 9.17) is 16.3 Å². The lowest BCUT2D eigenvalue weighted by Crippen LogP contribution is -2.48. The first-order chi connectivity index (χ1) is 12.7. The number of carbonyl (C=O) groups excluding carboxylic acids is 1. The fraction of sp³-hybridized carbons (Fsp3) is 0.278. The first-order valence-electron chi connectivity index (χ1n) is 8.09. The van der Waals surface area contributed by atoms with E-state index >= 15 is 0 Å². The molecule has 0 bridgehead atoms. The third-order valence-electron chi connectivity index (χ3n) is 3.65. The average molecular weight is 415 g/mol. The number of halogens is 2. The summed E-state index contributed by atoms with van der Waals surface area (Å²) >= 11 is 5.79. The van der Waals surface area contributed by atoms with Crippen molar-refractivity contribution in [3.8, 4) is 5.75 Å². The van der Waals surface area contributed by atoms with Gasteiger partial charge in [0.05, 0.1) is 18.5 Å². The van der Waals surface area contributed by atoms with Gasteiger partial charge in [-0.25, -0.2) is 12.8 Å². The van der Waals surface area contributed by atoms with Gasteiger partial charge in [-0.2, -0.15) is 0 Å². The Kier molecular flexibility index (Phi) is 7.04. The number of anilines is 1. The Morgan fingerprint density at radius 2 is 1.78 bits per heavy atom. The molecule has 0 heterocycles. The Morgan fingerprint density at radius 3 is 2.33 bits per heavy atom. The van der Waals surface area contributed by atoms with Gasteiger partial charge < -0.3 is 10.1 Å². The molecular weight excluding hydrogens is 395 g/mol. The number of hydrogen-bond acceptors (Lipinski definition) is 4.